The molecule has 1 saturated heterocycles. The zero-order valence-electron chi connectivity index (χ0n) is 12.4. The fourth-order valence-electron chi connectivity index (χ4n) is 3.81. The summed E-state index contributed by atoms with van der Waals surface area (Å²) >= 11 is 0. The largest absolute Gasteiger partial charge is 0.344 e. The van der Waals surface area contributed by atoms with Crippen LogP contribution in [-0.2, 0) is 10.5 Å². The number of amides is 1. The molecule has 0 bridgehead atoms. The van der Waals surface area contributed by atoms with Crippen LogP contribution in [0, 0.1) is 0 Å². The molecule has 2 aromatic carbocycles. The Hall–Kier alpha value is -2.72. The fourth-order valence-corrected chi connectivity index (χ4v) is 3.81. The predicted octanol–water partition coefficient (Wildman–Crippen LogP) is 2.92. The Labute approximate surface area is 133 Å². The van der Waals surface area contributed by atoms with Gasteiger partial charge in [0.1, 0.15) is 5.69 Å². The number of carbonyl (C=O) groups is 1. The van der Waals surface area contributed by atoms with Crippen molar-refractivity contribution in [1.82, 2.24) is 9.88 Å². The van der Waals surface area contributed by atoms with Crippen molar-refractivity contribution in [3.05, 3.63) is 77.6 Å². The first-order chi connectivity index (χ1) is 11.3. The van der Waals surface area contributed by atoms with Gasteiger partial charge in [-0.15, -0.1) is 0 Å². The summed E-state index contributed by atoms with van der Waals surface area (Å²) in [6.45, 7) is 1.10. The number of nitrogens with zero attached hydrogens (tertiary/aromatic N) is 2. The number of rotatable bonds is 1. The first kappa shape index (κ1) is 12.8. The van der Waals surface area contributed by atoms with Crippen LogP contribution >= 0.6 is 0 Å². The molecule has 0 aliphatic carbocycles. The van der Waals surface area contributed by atoms with Crippen LogP contribution in [0.1, 0.15) is 21.6 Å². The molecule has 1 fully saturated rings. The van der Waals surface area contributed by atoms with Crippen molar-refractivity contribution in [2.75, 3.05) is 13.2 Å². The molecule has 0 spiro atoms. The highest BCUT2D eigenvalue weighted by atomic mass is 16.5. The summed E-state index contributed by atoms with van der Waals surface area (Å²) in [7, 11) is 0. The van der Waals surface area contributed by atoms with Gasteiger partial charge in [-0.05, 0) is 17.5 Å². The molecular weight excluding hydrogens is 288 g/mol. The Morgan fingerprint density at radius 1 is 1.04 bits per heavy atom. The van der Waals surface area contributed by atoms with E-state index in [9.17, 15) is 4.79 Å². The number of fused-ring (bicyclic) bond motifs is 4. The van der Waals surface area contributed by atoms with Crippen LogP contribution in [0.2, 0.25) is 0 Å². The van der Waals surface area contributed by atoms with E-state index in [-0.39, 0.29) is 5.91 Å². The summed E-state index contributed by atoms with van der Waals surface area (Å²) in [5.74, 6) is 0.0211. The molecule has 23 heavy (non-hydrogen) atoms. The van der Waals surface area contributed by atoms with E-state index < -0.39 is 5.72 Å². The Kier molecular flexibility index (Phi) is 2.44. The van der Waals surface area contributed by atoms with Gasteiger partial charge >= 0.3 is 0 Å². The quantitative estimate of drug-likeness (QED) is 0.694. The first-order valence-corrected chi connectivity index (χ1v) is 7.72. The number of ether oxygens (including phenoxy) is 1. The van der Waals surface area contributed by atoms with E-state index in [2.05, 4.69) is 11.1 Å². The van der Waals surface area contributed by atoms with Gasteiger partial charge in [0.25, 0.3) is 5.91 Å². The second-order valence-electron chi connectivity index (χ2n) is 5.88. The van der Waals surface area contributed by atoms with Crippen LogP contribution < -0.4 is 0 Å². The van der Waals surface area contributed by atoms with Crippen molar-refractivity contribution in [3.63, 3.8) is 0 Å². The molecule has 4 heteroatoms. The minimum Gasteiger partial charge on any atom is -0.344 e. The van der Waals surface area contributed by atoms with Crippen LogP contribution in [-0.4, -0.2) is 28.9 Å². The Balaban J connectivity index is 1.89. The number of pyridine rings is 1. The van der Waals surface area contributed by atoms with Crippen molar-refractivity contribution in [2.45, 2.75) is 5.72 Å². The van der Waals surface area contributed by atoms with Gasteiger partial charge in [0.15, 0.2) is 0 Å². The standard InChI is InChI=1S/C19H14N2O2/c22-18-15-7-3-4-8-16(15)19(21(18)11-12-23-19)17-14-6-2-1-5-13(14)9-10-20-17/h1-10H,11-12H2. The van der Waals surface area contributed by atoms with Gasteiger partial charge in [-0.3, -0.25) is 14.7 Å². The van der Waals surface area contributed by atoms with Crippen molar-refractivity contribution in [2.24, 2.45) is 0 Å². The molecule has 2 aliphatic rings. The predicted molar refractivity (Wildman–Crippen MR) is 86.0 cm³/mol. The molecule has 3 heterocycles. The Bertz CT molecular complexity index is 948. The lowest BCUT2D eigenvalue weighted by Gasteiger charge is -2.31. The van der Waals surface area contributed by atoms with Gasteiger partial charge in [-0.1, -0.05) is 42.5 Å². The summed E-state index contributed by atoms with van der Waals surface area (Å²) in [6, 6.07) is 17.8. The molecule has 1 unspecified atom stereocenters. The van der Waals surface area contributed by atoms with Crippen LogP contribution in [0.15, 0.2) is 60.8 Å². The highest BCUT2D eigenvalue weighted by molar-refractivity contribution is 6.01. The number of hydrogen-bond acceptors (Lipinski definition) is 3. The topological polar surface area (TPSA) is 42.4 Å². The molecule has 112 valence electrons. The van der Waals surface area contributed by atoms with Crippen LogP contribution in [0.5, 0.6) is 0 Å². The lowest BCUT2D eigenvalue weighted by Crippen LogP contribution is -2.41. The summed E-state index contributed by atoms with van der Waals surface area (Å²) in [5, 5.41) is 2.12. The first-order valence-electron chi connectivity index (χ1n) is 7.72. The zero-order valence-corrected chi connectivity index (χ0v) is 12.4. The molecule has 1 atom stereocenters. The maximum Gasteiger partial charge on any atom is 0.257 e. The van der Waals surface area contributed by atoms with E-state index in [0.717, 1.165) is 22.0 Å². The Morgan fingerprint density at radius 2 is 1.87 bits per heavy atom. The summed E-state index contributed by atoms with van der Waals surface area (Å²) < 4.78 is 6.20. The third-order valence-corrected chi connectivity index (χ3v) is 4.77. The van der Waals surface area contributed by atoms with Crippen LogP contribution in [0.25, 0.3) is 10.8 Å². The monoisotopic (exact) mass is 302 g/mol. The van der Waals surface area contributed by atoms with Gasteiger partial charge in [-0.25, -0.2) is 0 Å². The molecule has 0 radical (unpaired) electrons. The molecule has 1 amide bonds. The lowest BCUT2D eigenvalue weighted by molar-refractivity contribution is -0.0324. The second-order valence-corrected chi connectivity index (χ2v) is 5.88. The maximum absolute atomic E-state index is 12.8. The lowest BCUT2D eigenvalue weighted by atomic mass is 9.94. The van der Waals surface area contributed by atoms with Gasteiger partial charge in [-0.2, -0.15) is 0 Å². The molecule has 0 N–H and O–H groups in total. The molecule has 5 rings (SSSR count). The minimum atomic E-state index is -0.894. The average molecular weight is 302 g/mol. The van der Waals surface area contributed by atoms with Crippen molar-refractivity contribution in [1.29, 1.82) is 0 Å². The summed E-state index contributed by atoms with van der Waals surface area (Å²) in [6.07, 6.45) is 1.79. The van der Waals surface area contributed by atoms with Crippen molar-refractivity contribution < 1.29 is 9.53 Å². The number of hydrogen-bond donors (Lipinski definition) is 0. The van der Waals surface area contributed by atoms with Crippen LogP contribution in [0.3, 0.4) is 0 Å². The van der Waals surface area contributed by atoms with Gasteiger partial charge < -0.3 is 4.74 Å². The SMILES string of the molecule is O=C1c2ccccc2C2(c3nccc4ccccc34)OCCN12. The number of aromatic nitrogens is 1. The van der Waals surface area contributed by atoms with E-state index in [1.54, 1.807) is 6.20 Å². The summed E-state index contributed by atoms with van der Waals surface area (Å²) in [5.41, 5.74) is 1.51. The van der Waals surface area contributed by atoms with Gasteiger partial charge in [0, 0.05) is 29.3 Å². The molecule has 2 aliphatic heterocycles. The summed E-state index contributed by atoms with van der Waals surface area (Å²) in [4.78, 5) is 19.3. The van der Waals surface area contributed by atoms with Crippen LogP contribution in [0.4, 0.5) is 0 Å². The van der Waals surface area contributed by atoms with Crippen molar-refractivity contribution >= 4 is 16.7 Å². The highest BCUT2D eigenvalue weighted by Crippen LogP contribution is 2.48. The van der Waals surface area contributed by atoms with E-state index >= 15 is 0 Å². The molecular formula is C19H14N2O2. The van der Waals surface area contributed by atoms with Gasteiger partial charge in [0.2, 0.25) is 5.72 Å². The number of benzene rings is 2. The van der Waals surface area contributed by atoms with E-state index in [0.29, 0.717) is 18.7 Å². The smallest absolute Gasteiger partial charge is 0.257 e. The second kappa shape index (κ2) is 4.40. The molecule has 1 aromatic heterocycles. The normalized spacial score (nSPS) is 22.4. The van der Waals surface area contributed by atoms with E-state index in [1.165, 1.54) is 0 Å². The van der Waals surface area contributed by atoms with E-state index in [1.807, 2.05) is 53.4 Å². The minimum absolute atomic E-state index is 0.0211. The fraction of sp³-hybridized carbons (Fsp3) is 0.158. The number of carbonyl (C=O) groups excluding carboxylic acids is 1. The third-order valence-electron chi connectivity index (χ3n) is 4.77. The molecule has 0 saturated carbocycles. The average Bonchev–Trinajstić information content (AvgIpc) is 3.14. The van der Waals surface area contributed by atoms with Crippen molar-refractivity contribution in [3.8, 4) is 0 Å². The Morgan fingerprint density at radius 3 is 2.83 bits per heavy atom. The van der Waals surface area contributed by atoms with E-state index in [4.69, 9.17) is 4.74 Å². The molecule has 3 aromatic rings. The zero-order chi connectivity index (χ0) is 15.4. The highest BCUT2D eigenvalue weighted by Gasteiger charge is 2.56. The third kappa shape index (κ3) is 1.48. The van der Waals surface area contributed by atoms with Gasteiger partial charge in [0.05, 0.1) is 6.61 Å². The maximum atomic E-state index is 12.8. The molecule has 4 nitrogen and oxygen atoms in total.